The van der Waals surface area contributed by atoms with Gasteiger partial charge in [0.15, 0.2) is 0 Å². The smallest absolute Gasteiger partial charge is 0.251 e. The Morgan fingerprint density at radius 1 is 1.23 bits per heavy atom. The van der Waals surface area contributed by atoms with Crippen molar-refractivity contribution in [2.75, 3.05) is 6.61 Å². The van der Waals surface area contributed by atoms with Crippen LogP contribution in [0.15, 0.2) is 48.7 Å². The van der Waals surface area contributed by atoms with Crippen molar-refractivity contribution in [2.24, 2.45) is 0 Å². The summed E-state index contributed by atoms with van der Waals surface area (Å²) in [5, 5.41) is 11.1. The number of aromatic nitrogens is 3. The van der Waals surface area contributed by atoms with Crippen LogP contribution in [-0.4, -0.2) is 33.7 Å². The molecule has 0 bridgehead atoms. The predicted molar refractivity (Wildman–Crippen MR) is 118 cm³/mol. The first kappa shape index (κ1) is 18.8. The molecule has 2 aromatic heterocycles. The number of H-pyrrole nitrogens is 1. The molecule has 7 heteroatoms. The summed E-state index contributed by atoms with van der Waals surface area (Å²) in [6.45, 7) is 2.56. The van der Waals surface area contributed by atoms with Gasteiger partial charge in [-0.25, -0.2) is 4.98 Å². The van der Waals surface area contributed by atoms with Crippen molar-refractivity contribution in [1.29, 1.82) is 0 Å². The van der Waals surface area contributed by atoms with Gasteiger partial charge in [-0.1, -0.05) is 6.07 Å². The Morgan fingerprint density at radius 3 is 2.80 bits per heavy atom. The quantitative estimate of drug-likeness (QED) is 0.463. The number of nitrogens with one attached hydrogen (secondary N) is 2. The summed E-state index contributed by atoms with van der Waals surface area (Å²) in [6, 6.07) is 14.0. The van der Waals surface area contributed by atoms with Gasteiger partial charge in [0.25, 0.3) is 5.91 Å². The topological polar surface area (TPSA) is 79.9 Å². The first-order valence-corrected chi connectivity index (χ1v) is 10.9. The van der Waals surface area contributed by atoms with Crippen molar-refractivity contribution in [1.82, 2.24) is 20.5 Å². The van der Waals surface area contributed by atoms with E-state index in [1.807, 2.05) is 37.4 Å². The first-order valence-electron chi connectivity index (χ1n) is 10.1. The van der Waals surface area contributed by atoms with Crippen molar-refractivity contribution in [3.63, 3.8) is 0 Å². The number of aryl methyl sites for hydroxylation is 1. The molecule has 2 heterocycles. The van der Waals surface area contributed by atoms with Crippen molar-refractivity contribution >= 4 is 27.5 Å². The van der Waals surface area contributed by atoms with E-state index in [0.29, 0.717) is 18.2 Å². The molecule has 2 N–H and O–H groups in total. The number of rotatable bonds is 7. The molecule has 1 fully saturated rings. The van der Waals surface area contributed by atoms with Gasteiger partial charge in [-0.3, -0.25) is 9.89 Å². The van der Waals surface area contributed by atoms with Gasteiger partial charge in [-0.15, -0.1) is 11.3 Å². The number of carbonyl (C=O) groups excluding carboxylic acids is 1. The van der Waals surface area contributed by atoms with E-state index >= 15 is 0 Å². The zero-order chi connectivity index (χ0) is 20.5. The lowest BCUT2D eigenvalue weighted by Crippen LogP contribution is -2.25. The van der Waals surface area contributed by atoms with Crippen LogP contribution in [0.2, 0.25) is 0 Å². The molecule has 0 atom stereocenters. The molecule has 0 radical (unpaired) electrons. The number of hydrogen-bond donors (Lipinski definition) is 2. The third kappa shape index (κ3) is 4.07. The standard InChI is InChI=1S/C23H22N4O2S/c1-14-19(13-24-27-14)16-4-9-20-21(12-16)30-22(26-20)10-11-29-18-7-2-15(3-8-18)23(28)25-17-5-6-17/h2-4,7-9,12-13,17H,5-6,10-11H2,1H3,(H,24,27)(H,25,28). The molecule has 152 valence electrons. The fourth-order valence-corrected chi connectivity index (χ4v) is 4.33. The average Bonchev–Trinajstić information content (AvgIpc) is 3.30. The number of carbonyl (C=O) groups is 1. The maximum absolute atomic E-state index is 12.0. The molecular formula is C23H22N4O2S. The lowest BCUT2D eigenvalue weighted by Gasteiger charge is -2.07. The zero-order valence-electron chi connectivity index (χ0n) is 16.6. The van der Waals surface area contributed by atoms with Crippen LogP contribution in [0.5, 0.6) is 5.75 Å². The first-order chi connectivity index (χ1) is 14.7. The molecule has 0 spiro atoms. The third-order valence-corrected chi connectivity index (χ3v) is 6.27. The lowest BCUT2D eigenvalue weighted by atomic mass is 10.1. The van der Waals surface area contributed by atoms with E-state index in [-0.39, 0.29) is 5.91 Å². The number of thiazole rings is 1. The van der Waals surface area contributed by atoms with Gasteiger partial charge in [-0.2, -0.15) is 5.10 Å². The van der Waals surface area contributed by atoms with Crippen molar-refractivity contribution in [3.8, 4) is 16.9 Å². The Kier molecular flexibility index (Phi) is 4.96. The number of ether oxygens (including phenoxy) is 1. The molecule has 0 unspecified atom stereocenters. The molecule has 1 aliphatic rings. The van der Waals surface area contributed by atoms with Crippen LogP contribution in [0.3, 0.4) is 0 Å². The second-order valence-electron chi connectivity index (χ2n) is 7.57. The van der Waals surface area contributed by atoms with Gasteiger partial charge in [-0.05, 0) is 61.7 Å². The van der Waals surface area contributed by atoms with Gasteiger partial charge in [0.2, 0.25) is 0 Å². The summed E-state index contributed by atoms with van der Waals surface area (Å²) >= 11 is 1.69. The minimum atomic E-state index is -0.0106. The Labute approximate surface area is 178 Å². The van der Waals surface area contributed by atoms with Crippen molar-refractivity contribution < 1.29 is 9.53 Å². The molecule has 6 nitrogen and oxygen atoms in total. The van der Waals surface area contributed by atoms with Crippen LogP contribution >= 0.6 is 11.3 Å². The summed E-state index contributed by atoms with van der Waals surface area (Å²) in [4.78, 5) is 16.8. The van der Waals surface area contributed by atoms with E-state index in [9.17, 15) is 4.79 Å². The molecule has 1 saturated carbocycles. The Balaban J connectivity index is 1.20. The summed E-state index contributed by atoms with van der Waals surface area (Å²) in [7, 11) is 0. The Morgan fingerprint density at radius 2 is 2.07 bits per heavy atom. The van der Waals surface area contributed by atoms with Gasteiger partial charge in [0.1, 0.15) is 5.75 Å². The summed E-state index contributed by atoms with van der Waals surface area (Å²) < 4.78 is 7.02. The van der Waals surface area contributed by atoms with Crippen LogP contribution in [0.1, 0.15) is 33.9 Å². The number of aromatic amines is 1. The Hall–Kier alpha value is -3.19. The number of benzene rings is 2. The molecule has 4 aromatic rings. The van der Waals surface area contributed by atoms with E-state index < -0.39 is 0 Å². The summed E-state index contributed by atoms with van der Waals surface area (Å²) in [5.41, 5.74) is 4.99. The van der Waals surface area contributed by atoms with E-state index in [1.54, 1.807) is 11.3 Å². The molecule has 2 aromatic carbocycles. The third-order valence-electron chi connectivity index (χ3n) is 5.19. The van der Waals surface area contributed by atoms with Crippen LogP contribution in [0.4, 0.5) is 0 Å². The fraction of sp³-hybridized carbons (Fsp3) is 0.261. The van der Waals surface area contributed by atoms with Gasteiger partial charge in [0, 0.05) is 29.3 Å². The van der Waals surface area contributed by atoms with E-state index in [1.165, 1.54) is 0 Å². The van der Waals surface area contributed by atoms with Crippen LogP contribution in [0, 0.1) is 6.92 Å². The highest BCUT2D eigenvalue weighted by atomic mass is 32.1. The minimum Gasteiger partial charge on any atom is -0.493 e. The van der Waals surface area contributed by atoms with Crippen molar-refractivity contribution in [2.45, 2.75) is 32.2 Å². The average molecular weight is 419 g/mol. The van der Waals surface area contributed by atoms with E-state index in [4.69, 9.17) is 9.72 Å². The van der Waals surface area contributed by atoms with E-state index in [0.717, 1.165) is 57.1 Å². The molecule has 1 aliphatic carbocycles. The Bertz CT molecular complexity index is 1190. The largest absolute Gasteiger partial charge is 0.493 e. The number of hydrogen-bond acceptors (Lipinski definition) is 5. The van der Waals surface area contributed by atoms with E-state index in [2.05, 4.69) is 33.7 Å². The van der Waals surface area contributed by atoms with Gasteiger partial charge < -0.3 is 10.1 Å². The van der Waals surface area contributed by atoms with Crippen LogP contribution < -0.4 is 10.1 Å². The highest BCUT2D eigenvalue weighted by Gasteiger charge is 2.23. The van der Waals surface area contributed by atoms with Gasteiger partial charge >= 0.3 is 0 Å². The SMILES string of the molecule is Cc1[nH]ncc1-c1ccc2nc(CCOc3ccc(C(=O)NC4CC4)cc3)sc2c1. The molecule has 0 aliphatic heterocycles. The highest BCUT2D eigenvalue weighted by Crippen LogP contribution is 2.29. The number of amides is 1. The molecular weight excluding hydrogens is 396 g/mol. The summed E-state index contributed by atoms with van der Waals surface area (Å²) in [5.74, 6) is 0.750. The monoisotopic (exact) mass is 418 g/mol. The van der Waals surface area contributed by atoms with Crippen molar-refractivity contribution in [3.05, 3.63) is 64.9 Å². The number of fused-ring (bicyclic) bond motifs is 1. The minimum absolute atomic E-state index is 0.0106. The normalized spacial score (nSPS) is 13.5. The van der Waals surface area contributed by atoms with Gasteiger partial charge in [0.05, 0.1) is 28.0 Å². The second-order valence-corrected chi connectivity index (χ2v) is 8.68. The maximum Gasteiger partial charge on any atom is 0.251 e. The molecule has 1 amide bonds. The van der Waals surface area contributed by atoms with Crippen LogP contribution in [-0.2, 0) is 6.42 Å². The second kappa shape index (κ2) is 7.91. The summed E-state index contributed by atoms with van der Waals surface area (Å²) in [6.07, 6.45) is 4.77. The fourth-order valence-electron chi connectivity index (χ4n) is 3.34. The lowest BCUT2D eigenvalue weighted by molar-refractivity contribution is 0.0951. The number of nitrogens with zero attached hydrogens (tertiary/aromatic N) is 2. The van der Waals surface area contributed by atoms with Crippen LogP contribution in [0.25, 0.3) is 21.3 Å². The predicted octanol–water partition coefficient (Wildman–Crippen LogP) is 4.51. The highest BCUT2D eigenvalue weighted by molar-refractivity contribution is 7.18. The molecule has 5 rings (SSSR count). The zero-order valence-corrected chi connectivity index (χ0v) is 17.5. The maximum atomic E-state index is 12.0. The molecule has 0 saturated heterocycles. The molecule has 30 heavy (non-hydrogen) atoms.